The smallest absolute Gasteiger partial charge is 0.172 e. The Labute approximate surface area is 153 Å². The van der Waals surface area contributed by atoms with Gasteiger partial charge in [-0.05, 0) is 24.3 Å². The van der Waals surface area contributed by atoms with Crippen LogP contribution < -0.4 is 5.32 Å². The molecule has 0 aliphatic carbocycles. The molecule has 6 nitrogen and oxygen atoms in total. The lowest BCUT2D eigenvalue weighted by molar-refractivity contribution is 0.847. The quantitative estimate of drug-likeness (QED) is 0.575. The normalized spacial score (nSPS) is 10.8. The fourth-order valence-corrected chi connectivity index (χ4v) is 3.30. The van der Waals surface area contributed by atoms with Crippen LogP contribution in [0.15, 0.2) is 61.3 Å². The van der Waals surface area contributed by atoms with Crippen molar-refractivity contribution in [2.75, 3.05) is 5.32 Å². The zero-order valence-electron chi connectivity index (χ0n) is 13.0. The van der Waals surface area contributed by atoms with Gasteiger partial charge in [0.1, 0.15) is 5.01 Å². The van der Waals surface area contributed by atoms with E-state index < -0.39 is 0 Å². The lowest BCUT2D eigenvalue weighted by Crippen LogP contribution is -1.99. The SMILES string of the molecule is Clc1cccnc1-n1cc(NCc2cnc(-c3ccccn3)s2)cn1. The number of anilines is 1. The highest BCUT2D eigenvalue weighted by molar-refractivity contribution is 7.15. The van der Waals surface area contributed by atoms with Crippen LogP contribution in [0.1, 0.15) is 4.88 Å². The Morgan fingerprint density at radius 3 is 2.80 bits per heavy atom. The molecule has 0 unspecified atom stereocenters. The molecule has 0 radical (unpaired) electrons. The van der Waals surface area contributed by atoms with Crippen LogP contribution in [0.4, 0.5) is 5.69 Å². The molecular formula is C17H13ClN6S. The Bertz CT molecular complexity index is 981. The summed E-state index contributed by atoms with van der Waals surface area (Å²) in [5.74, 6) is 0.604. The summed E-state index contributed by atoms with van der Waals surface area (Å²) in [7, 11) is 0. The van der Waals surface area contributed by atoms with Gasteiger partial charge in [0.2, 0.25) is 0 Å². The van der Waals surface area contributed by atoms with Crippen molar-refractivity contribution < 1.29 is 0 Å². The topological polar surface area (TPSA) is 68.5 Å². The summed E-state index contributed by atoms with van der Waals surface area (Å²) in [6.45, 7) is 0.659. The van der Waals surface area contributed by atoms with Gasteiger partial charge in [-0.1, -0.05) is 17.7 Å². The molecule has 4 rings (SSSR count). The molecule has 0 bridgehead atoms. The van der Waals surface area contributed by atoms with Crippen molar-refractivity contribution in [1.82, 2.24) is 24.7 Å². The maximum Gasteiger partial charge on any atom is 0.172 e. The lowest BCUT2D eigenvalue weighted by Gasteiger charge is -2.02. The number of aromatic nitrogens is 5. The molecule has 4 aromatic rings. The van der Waals surface area contributed by atoms with Gasteiger partial charge in [0.25, 0.3) is 0 Å². The summed E-state index contributed by atoms with van der Waals surface area (Å²) in [5, 5.41) is 9.09. The van der Waals surface area contributed by atoms with Crippen LogP contribution in [0.2, 0.25) is 5.02 Å². The molecule has 0 aliphatic rings. The molecule has 0 spiro atoms. The van der Waals surface area contributed by atoms with Crippen LogP contribution >= 0.6 is 22.9 Å². The van der Waals surface area contributed by atoms with Gasteiger partial charge in [0.15, 0.2) is 5.82 Å². The van der Waals surface area contributed by atoms with E-state index in [1.807, 2.05) is 30.6 Å². The van der Waals surface area contributed by atoms with Crippen LogP contribution in [0.3, 0.4) is 0 Å². The zero-order valence-corrected chi connectivity index (χ0v) is 14.6. The molecule has 1 N–H and O–H groups in total. The van der Waals surface area contributed by atoms with E-state index in [0.717, 1.165) is 21.3 Å². The van der Waals surface area contributed by atoms with E-state index in [-0.39, 0.29) is 0 Å². The van der Waals surface area contributed by atoms with Gasteiger partial charge >= 0.3 is 0 Å². The minimum atomic E-state index is 0.555. The number of rotatable bonds is 5. The fourth-order valence-electron chi connectivity index (χ4n) is 2.26. The minimum absolute atomic E-state index is 0.555. The number of hydrogen-bond donors (Lipinski definition) is 1. The molecule has 8 heteroatoms. The molecule has 0 saturated heterocycles. The second-order valence-electron chi connectivity index (χ2n) is 5.18. The first kappa shape index (κ1) is 15.7. The van der Waals surface area contributed by atoms with Gasteiger partial charge < -0.3 is 5.32 Å². The summed E-state index contributed by atoms with van der Waals surface area (Å²) in [4.78, 5) is 14.1. The average Bonchev–Trinajstić information content (AvgIpc) is 3.31. The predicted molar refractivity (Wildman–Crippen MR) is 99.0 cm³/mol. The Balaban J connectivity index is 1.44. The molecule has 0 aliphatic heterocycles. The Morgan fingerprint density at radius 2 is 1.96 bits per heavy atom. The molecule has 0 saturated carbocycles. The van der Waals surface area contributed by atoms with Crippen molar-refractivity contribution in [1.29, 1.82) is 0 Å². The monoisotopic (exact) mass is 368 g/mol. The number of nitrogens with one attached hydrogen (secondary N) is 1. The molecular weight excluding hydrogens is 356 g/mol. The van der Waals surface area contributed by atoms with Gasteiger partial charge in [-0.25, -0.2) is 14.6 Å². The molecule has 0 atom stereocenters. The first-order chi connectivity index (χ1) is 12.3. The van der Waals surface area contributed by atoms with Crippen molar-refractivity contribution >= 4 is 28.6 Å². The van der Waals surface area contributed by atoms with E-state index >= 15 is 0 Å². The first-order valence-electron chi connectivity index (χ1n) is 7.55. The highest BCUT2D eigenvalue weighted by Gasteiger charge is 2.08. The van der Waals surface area contributed by atoms with E-state index in [2.05, 4.69) is 25.4 Å². The Hall–Kier alpha value is -2.77. The van der Waals surface area contributed by atoms with Crippen LogP contribution in [0.25, 0.3) is 16.5 Å². The molecule has 0 aromatic carbocycles. The van der Waals surface area contributed by atoms with Crippen LogP contribution in [-0.2, 0) is 6.54 Å². The molecule has 4 aromatic heterocycles. The van der Waals surface area contributed by atoms with Crippen LogP contribution in [-0.4, -0.2) is 24.7 Å². The predicted octanol–water partition coefficient (Wildman–Crippen LogP) is 4.05. The summed E-state index contributed by atoms with van der Waals surface area (Å²) >= 11 is 7.76. The highest BCUT2D eigenvalue weighted by Crippen LogP contribution is 2.24. The first-order valence-corrected chi connectivity index (χ1v) is 8.74. The van der Waals surface area contributed by atoms with E-state index in [1.165, 1.54) is 0 Å². The standard InChI is InChI=1S/C17H13ClN6S/c18-14-4-3-7-20-16(14)24-11-12(8-23-24)21-9-13-10-22-17(25-13)15-5-1-2-6-19-15/h1-8,10-11,21H,9H2. The van der Waals surface area contributed by atoms with Gasteiger partial charge in [-0.15, -0.1) is 11.3 Å². The zero-order chi connectivity index (χ0) is 17.1. The number of halogens is 1. The van der Waals surface area contributed by atoms with E-state index in [0.29, 0.717) is 17.4 Å². The molecule has 4 heterocycles. The maximum atomic E-state index is 6.15. The Morgan fingerprint density at radius 1 is 1.04 bits per heavy atom. The van der Waals surface area contributed by atoms with Crippen molar-refractivity contribution in [3.63, 3.8) is 0 Å². The lowest BCUT2D eigenvalue weighted by atomic mass is 10.4. The van der Waals surface area contributed by atoms with Crippen LogP contribution in [0, 0.1) is 0 Å². The molecule has 25 heavy (non-hydrogen) atoms. The number of hydrogen-bond acceptors (Lipinski definition) is 6. The summed E-state index contributed by atoms with van der Waals surface area (Å²) in [6.07, 6.45) is 8.92. The minimum Gasteiger partial charge on any atom is -0.378 e. The van der Waals surface area contributed by atoms with Crippen molar-refractivity contribution in [2.45, 2.75) is 6.54 Å². The average molecular weight is 369 g/mol. The third-order valence-electron chi connectivity index (χ3n) is 3.44. The highest BCUT2D eigenvalue weighted by atomic mass is 35.5. The summed E-state index contributed by atoms with van der Waals surface area (Å²) in [6, 6.07) is 9.38. The number of thiazole rings is 1. The third kappa shape index (κ3) is 3.52. The van der Waals surface area contributed by atoms with Gasteiger partial charge in [-0.3, -0.25) is 4.98 Å². The van der Waals surface area contributed by atoms with Crippen LogP contribution in [0.5, 0.6) is 0 Å². The third-order valence-corrected chi connectivity index (χ3v) is 4.76. The maximum absolute atomic E-state index is 6.15. The van der Waals surface area contributed by atoms with Crippen molar-refractivity contribution in [3.8, 4) is 16.5 Å². The molecule has 0 fully saturated rings. The largest absolute Gasteiger partial charge is 0.378 e. The van der Waals surface area contributed by atoms with E-state index in [9.17, 15) is 0 Å². The van der Waals surface area contributed by atoms with Crippen molar-refractivity contribution in [2.24, 2.45) is 0 Å². The van der Waals surface area contributed by atoms with Gasteiger partial charge in [-0.2, -0.15) is 5.10 Å². The summed E-state index contributed by atoms with van der Waals surface area (Å²) in [5.41, 5.74) is 1.77. The van der Waals surface area contributed by atoms with Crippen molar-refractivity contribution in [3.05, 3.63) is 71.2 Å². The summed E-state index contributed by atoms with van der Waals surface area (Å²) < 4.78 is 1.65. The Kier molecular flexibility index (Phi) is 4.41. The molecule has 0 amide bonds. The van der Waals surface area contributed by atoms with E-state index in [1.54, 1.807) is 46.7 Å². The fraction of sp³-hybridized carbons (Fsp3) is 0.0588. The van der Waals surface area contributed by atoms with E-state index in [4.69, 9.17) is 11.6 Å². The van der Waals surface area contributed by atoms with Gasteiger partial charge in [0, 0.05) is 23.5 Å². The second-order valence-corrected chi connectivity index (χ2v) is 6.71. The van der Waals surface area contributed by atoms with Gasteiger partial charge in [0.05, 0.1) is 35.3 Å². The number of nitrogens with zero attached hydrogens (tertiary/aromatic N) is 5. The second kappa shape index (κ2) is 7.00. The molecule has 124 valence electrons. The number of pyridine rings is 2.